The number of nitrogens with zero attached hydrogens (tertiary/aromatic N) is 3. The molecule has 6 heteroatoms. The van der Waals surface area contributed by atoms with Crippen LogP contribution in [0, 0.1) is 5.92 Å². The number of carbonyl (C=O) groups excluding carboxylic acids is 2. The summed E-state index contributed by atoms with van der Waals surface area (Å²) in [7, 11) is 2.06. The number of benzene rings is 1. The van der Waals surface area contributed by atoms with Gasteiger partial charge in [0.05, 0.1) is 17.9 Å². The van der Waals surface area contributed by atoms with Crippen molar-refractivity contribution in [1.82, 2.24) is 10.2 Å². The Morgan fingerprint density at radius 1 is 1.26 bits per heavy atom. The van der Waals surface area contributed by atoms with Crippen molar-refractivity contribution in [2.45, 2.75) is 6.92 Å². The Morgan fingerprint density at radius 3 is 2.74 bits per heavy atom. The maximum absolute atomic E-state index is 12.9. The fraction of sp³-hybridized carbons (Fsp3) is 0.529. The molecule has 1 fully saturated rings. The number of hydrogen-bond acceptors (Lipinski definition) is 4. The molecule has 1 saturated heterocycles. The van der Waals surface area contributed by atoms with Gasteiger partial charge in [0.25, 0.3) is 0 Å². The van der Waals surface area contributed by atoms with Crippen molar-refractivity contribution in [3.8, 4) is 0 Å². The van der Waals surface area contributed by atoms with Crippen LogP contribution in [0.15, 0.2) is 24.3 Å². The molecule has 2 aliphatic rings. The first-order valence-electron chi connectivity index (χ1n) is 8.15. The number of anilines is 2. The monoisotopic (exact) mass is 316 g/mol. The number of para-hydroxylation sites is 2. The van der Waals surface area contributed by atoms with E-state index in [1.165, 1.54) is 0 Å². The molecule has 1 N–H and O–H groups in total. The molecule has 6 nitrogen and oxygen atoms in total. The molecular weight excluding hydrogens is 292 g/mol. The second kappa shape index (κ2) is 6.58. The van der Waals surface area contributed by atoms with Crippen molar-refractivity contribution in [1.29, 1.82) is 0 Å². The predicted molar refractivity (Wildman–Crippen MR) is 90.7 cm³/mol. The zero-order valence-corrected chi connectivity index (χ0v) is 13.8. The van der Waals surface area contributed by atoms with E-state index in [-0.39, 0.29) is 18.4 Å². The molecule has 0 spiro atoms. The molecular formula is C17H24N4O2. The highest BCUT2D eigenvalue weighted by Crippen LogP contribution is 2.32. The number of carbonyl (C=O) groups is 2. The van der Waals surface area contributed by atoms with Crippen molar-refractivity contribution in [3.05, 3.63) is 24.3 Å². The van der Waals surface area contributed by atoms with Gasteiger partial charge in [0, 0.05) is 33.2 Å². The molecule has 0 aromatic heterocycles. The van der Waals surface area contributed by atoms with Crippen LogP contribution in [0.1, 0.15) is 6.92 Å². The summed E-state index contributed by atoms with van der Waals surface area (Å²) in [6.07, 6.45) is 0. The van der Waals surface area contributed by atoms with Crippen molar-refractivity contribution in [2.24, 2.45) is 5.92 Å². The van der Waals surface area contributed by atoms with Crippen LogP contribution in [0.3, 0.4) is 0 Å². The highest BCUT2D eigenvalue weighted by atomic mass is 16.2. The Bertz CT molecular complexity index is 604. The van der Waals surface area contributed by atoms with E-state index in [9.17, 15) is 9.59 Å². The van der Waals surface area contributed by atoms with E-state index in [1.807, 2.05) is 29.2 Å². The first-order chi connectivity index (χ1) is 11.1. The van der Waals surface area contributed by atoms with Crippen molar-refractivity contribution in [2.75, 3.05) is 56.1 Å². The summed E-state index contributed by atoms with van der Waals surface area (Å²) in [5.74, 6) is 0.364. The van der Waals surface area contributed by atoms with Crippen molar-refractivity contribution < 1.29 is 9.59 Å². The van der Waals surface area contributed by atoms with Crippen LogP contribution in [-0.4, -0.2) is 63.0 Å². The number of nitrogens with one attached hydrogen (secondary N) is 1. The average molecular weight is 316 g/mol. The van der Waals surface area contributed by atoms with Gasteiger partial charge in [0.2, 0.25) is 11.8 Å². The van der Waals surface area contributed by atoms with E-state index >= 15 is 0 Å². The van der Waals surface area contributed by atoms with Gasteiger partial charge < -0.3 is 20.0 Å². The quantitative estimate of drug-likeness (QED) is 0.865. The Hall–Kier alpha value is -2.08. The summed E-state index contributed by atoms with van der Waals surface area (Å²) in [6, 6.07) is 7.98. The van der Waals surface area contributed by atoms with Gasteiger partial charge in [0.1, 0.15) is 6.54 Å². The molecule has 0 bridgehead atoms. The van der Waals surface area contributed by atoms with Gasteiger partial charge >= 0.3 is 0 Å². The van der Waals surface area contributed by atoms with Crippen LogP contribution in [0.4, 0.5) is 11.4 Å². The zero-order valence-electron chi connectivity index (χ0n) is 13.8. The summed E-state index contributed by atoms with van der Waals surface area (Å²) in [5, 5.41) is 3.03. The first-order valence-corrected chi connectivity index (χ1v) is 8.15. The molecule has 0 saturated carbocycles. The third-order valence-electron chi connectivity index (χ3n) is 4.48. The van der Waals surface area contributed by atoms with E-state index in [0.29, 0.717) is 25.6 Å². The third-order valence-corrected chi connectivity index (χ3v) is 4.48. The third kappa shape index (κ3) is 3.32. The normalized spacial score (nSPS) is 21.9. The minimum absolute atomic E-state index is 0.00197. The molecule has 3 rings (SSSR count). The lowest BCUT2D eigenvalue weighted by Crippen LogP contribution is -2.52. The van der Waals surface area contributed by atoms with E-state index in [0.717, 1.165) is 24.5 Å². The number of hydrogen-bond donors (Lipinski definition) is 1. The lowest BCUT2D eigenvalue weighted by molar-refractivity contribution is -0.136. The highest BCUT2D eigenvalue weighted by Gasteiger charge is 2.29. The molecule has 2 aliphatic heterocycles. The number of amides is 2. The molecule has 2 amide bonds. The van der Waals surface area contributed by atoms with Crippen LogP contribution < -0.4 is 15.1 Å². The van der Waals surface area contributed by atoms with E-state index < -0.39 is 0 Å². The maximum Gasteiger partial charge on any atom is 0.246 e. The first kappa shape index (κ1) is 15.8. The largest absolute Gasteiger partial charge is 0.373 e. The van der Waals surface area contributed by atoms with Crippen LogP contribution in [0.2, 0.25) is 0 Å². The van der Waals surface area contributed by atoms with E-state index in [4.69, 9.17) is 0 Å². The smallest absolute Gasteiger partial charge is 0.246 e. The van der Waals surface area contributed by atoms with Crippen LogP contribution in [-0.2, 0) is 9.59 Å². The minimum Gasteiger partial charge on any atom is -0.373 e. The summed E-state index contributed by atoms with van der Waals surface area (Å²) in [5.41, 5.74) is 2.00. The van der Waals surface area contributed by atoms with Gasteiger partial charge in [-0.2, -0.15) is 0 Å². The molecule has 1 atom stereocenters. The van der Waals surface area contributed by atoms with Crippen LogP contribution in [0.25, 0.3) is 0 Å². The lowest BCUT2D eigenvalue weighted by atomic mass is 10.1. The number of fused-ring (bicyclic) bond motifs is 1. The predicted octanol–water partition coefficient (Wildman–Crippen LogP) is 0.537. The summed E-state index contributed by atoms with van der Waals surface area (Å²) < 4.78 is 0. The number of rotatable bonds is 2. The average Bonchev–Trinajstić information content (AvgIpc) is 2.66. The fourth-order valence-corrected chi connectivity index (χ4v) is 3.35. The Morgan fingerprint density at radius 2 is 2.00 bits per heavy atom. The van der Waals surface area contributed by atoms with Gasteiger partial charge in [-0.25, -0.2) is 0 Å². The second-order valence-corrected chi connectivity index (χ2v) is 6.47. The van der Waals surface area contributed by atoms with Gasteiger partial charge in [0.15, 0.2) is 0 Å². The molecule has 23 heavy (non-hydrogen) atoms. The van der Waals surface area contributed by atoms with Gasteiger partial charge in [-0.15, -0.1) is 0 Å². The summed E-state index contributed by atoms with van der Waals surface area (Å²) in [6.45, 7) is 5.56. The zero-order chi connectivity index (χ0) is 16.4. The van der Waals surface area contributed by atoms with Crippen LogP contribution >= 0.6 is 0 Å². The summed E-state index contributed by atoms with van der Waals surface area (Å²) >= 11 is 0. The minimum atomic E-state index is -0.00477. The van der Waals surface area contributed by atoms with Gasteiger partial charge in [-0.1, -0.05) is 19.1 Å². The molecule has 1 unspecified atom stereocenters. The number of piperazine rings is 1. The van der Waals surface area contributed by atoms with Gasteiger partial charge in [-0.05, 0) is 18.1 Å². The highest BCUT2D eigenvalue weighted by molar-refractivity contribution is 6.00. The van der Waals surface area contributed by atoms with Gasteiger partial charge in [-0.3, -0.25) is 9.59 Å². The lowest BCUT2D eigenvalue weighted by Gasteiger charge is -2.30. The molecule has 1 aromatic rings. The molecule has 124 valence electrons. The topological polar surface area (TPSA) is 55.9 Å². The summed E-state index contributed by atoms with van der Waals surface area (Å²) in [4.78, 5) is 30.5. The standard InChI is InChI=1S/C17H24N4O2/c1-13-10-19(2)14-5-3-4-6-15(14)21(11-13)17(23)12-20-8-7-18-9-16(20)22/h3-6,13,18H,7-12H2,1-2H3. The Balaban J connectivity index is 1.83. The molecule has 0 radical (unpaired) electrons. The maximum atomic E-state index is 12.9. The van der Waals surface area contributed by atoms with Crippen molar-refractivity contribution in [3.63, 3.8) is 0 Å². The van der Waals surface area contributed by atoms with Crippen LogP contribution in [0.5, 0.6) is 0 Å². The van der Waals surface area contributed by atoms with E-state index in [1.54, 1.807) is 4.90 Å². The fourth-order valence-electron chi connectivity index (χ4n) is 3.35. The molecule has 0 aliphatic carbocycles. The Labute approximate surface area is 137 Å². The second-order valence-electron chi connectivity index (χ2n) is 6.47. The SMILES string of the molecule is CC1CN(C)c2ccccc2N(C(=O)CN2CCNCC2=O)C1. The van der Waals surface area contributed by atoms with Crippen molar-refractivity contribution >= 4 is 23.2 Å². The Kier molecular flexibility index (Phi) is 4.52. The van der Waals surface area contributed by atoms with E-state index in [2.05, 4.69) is 24.2 Å². The molecule has 2 heterocycles. The molecule has 1 aromatic carbocycles.